The van der Waals surface area contributed by atoms with Crippen LogP contribution in [0, 0.1) is 0 Å². The first-order chi connectivity index (χ1) is 11.6. The molecule has 0 radical (unpaired) electrons. The zero-order valence-corrected chi connectivity index (χ0v) is 13.5. The molecule has 0 spiro atoms. The van der Waals surface area contributed by atoms with E-state index in [1.165, 1.54) is 5.56 Å². The predicted octanol–water partition coefficient (Wildman–Crippen LogP) is 3.41. The van der Waals surface area contributed by atoms with Crippen LogP contribution in [0.25, 0.3) is 11.1 Å². The van der Waals surface area contributed by atoms with E-state index in [0.29, 0.717) is 25.7 Å². The number of benzene rings is 2. The third kappa shape index (κ3) is 3.82. The molecule has 0 bridgehead atoms. The molecule has 0 aromatic heterocycles. The maximum atomic E-state index is 11.7. The summed E-state index contributed by atoms with van der Waals surface area (Å²) in [5, 5.41) is 12.0. The minimum Gasteiger partial charge on any atom is -0.481 e. The fraction of sp³-hybridized carbons (Fsp3) is 0.300. The van der Waals surface area contributed by atoms with Gasteiger partial charge in [-0.2, -0.15) is 0 Å². The number of carboxylic acids is 1. The van der Waals surface area contributed by atoms with Gasteiger partial charge in [0.15, 0.2) is 0 Å². The number of hydrogen-bond acceptors (Lipinski definition) is 2. The predicted molar refractivity (Wildman–Crippen MR) is 92.6 cm³/mol. The molecule has 2 aromatic carbocycles. The first kappa shape index (κ1) is 16.2. The van der Waals surface area contributed by atoms with Crippen molar-refractivity contribution in [2.45, 2.75) is 37.6 Å². The third-order valence-corrected chi connectivity index (χ3v) is 4.66. The summed E-state index contributed by atoms with van der Waals surface area (Å²) in [6.07, 6.45) is 2.37. The first-order valence-electron chi connectivity index (χ1n) is 8.24. The van der Waals surface area contributed by atoms with Crippen LogP contribution in [0.3, 0.4) is 0 Å². The van der Waals surface area contributed by atoms with E-state index >= 15 is 0 Å². The molecule has 1 saturated heterocycles. The Morgan fingerprint density at radius 3 is 2.29 bits per heavy atom. The lowest BCUT2D eigenvalue weighted by atomic mass is 9.84. The molecular formula is C20H21NO3. The summed E-state index contributed by atoms with van der Waals surface area (Å²) >= 11 is 0. The van der Waals surface area contributed by atoms with E-state index in [9.17, 15) is 9.59 Å². The lowest BCUT2D eigenvalue weighted by Gasteiger charge is -2.29. The van der Waals surface area contributed by atoms with Crippen LogP contribution < -0.4 is 5.32 Å². The van der Waals surface area contributed by atoms with Crippen molar-refractivity contribution in [1.29, 1.82) is 0 Å². The van der Waals surface area contributed by atoms with Crippen molar-refractivity contribution < 1.29 is 14.7 Å². The number of amides is 1. The fourth-order valence-corrected chi connectivity index (χ4v) is 3.36. The Balaban J connectivity index is 1.75. The lowest BCUT2D eigenvalue weighted by molar-refractivity contribution is -0.137. The number of aliphatic carboxylic acids is 1. The van der Waals surface area contributed by atoms with E-state index in [2.05, 4.69) is 41.7 Å². The van der Waals surface area contributed by atoms with E-state index in [1.807, 2.05) is 18.2 Å². The van der Waals surface area contributed by atoms with Crippen molar-refractivity contribution in [3.8, 4) is 11.1 Å². The maximum absolute atomic E-state index is 11.7. The molecule has 1 aliphatic heterocycles. The van der Waals surface area contributed by atoms with Crippen molar-refractivity contribution in [2.24, 2.45) is 0 Å². The SMILES string of the molecule is O=C(O)CC[C@@]1(Cc2ccc(-c3ccccc3)cc2)CCC(=O)N1. The second-order valence-corrected chi connectivity index (χ2v) is 6.46. The van der Waals surface area contributed by atoms with Crippen molar-refractivity contribution in [3.63, 3.8) is 0 Å². The number of carboxylic acid groups (broad SMARTS) is 1. The van der Waals surface area contributed by atoms with Gasteiger partial charge in [0.05, 0.1) is 0 Å². The number of carbonyl (C=O) groups excluding carboxylic acids is 1. The highest BCUT2D eigenvalue weighted by Gasteiger charge is 2.37. The van der Waals surface area contributed by atoms with Gasteiger partial charge in [-0.15, -0.1) is 0 Å². The topological polar surface area (TPSA) is 66.4 Å². The van der Waals surface area contributed by atoms with Crippen LogP contribution in [0.2, 0.25) is 0 Å². The highest BCUT2D eigenvalue weighted by atomic mass is 16.4. The van der Waals surface area contributed by atoms with Gasteiger partial charge >= 0.3 is 5.97 Å². The van der Waals surface area contributed by atoms with E-state index in [-0.39, 0.29) is 12.3 Å². The van der Waals surface area contributed by atoms with Crippen LogP contribution in [0.1, 0.15) is 31.2 Å². The van der Waals surface area contributed by atoms with Gasteiger partial charge in [-0.3, -0.25) is 9.59 Å². The summed E-state index contributed by atoms with van der Waals surface area (Å²) in [7, 11) is 0. The van der Waals surface area contributed by atoms with Crippen LogP contribution in [0.4, 0.5) is 0 Å². The Hall–Kier alpha value is -2.62. The minimum absolute atomic E-state index is 0.0151. The second kappa shape index (κ2) is 6.87. The lowest BCUT2D eigenvalue weighted by Crippen LogP contribution is -2.44. The van der Waals surface area contributed by atoms with Crippen molar-refractivity contribution in [1.82, 2.24) is 5.32 Å². The molecule has 24 heavy (non-hydrogen) atoms. The summed E-state index contributed by atoms with van der Waals surface area (Å²) in [6.45, 7) is 0. The minimum atomic E-state index is -0.824. The molecular weight excluding hydrogens is 302 g/mol. The summed E-state index contributed by atoms with van der Waals surface area (Å²) in [5.74, 6) is -0.809. The molecule has 0 unspecified atom stereocenters. The Morgan fingerprint density at radius 2 is 1.71 bits per heavy atom. The first-order valence-corrected chi connectivity index (χ1v) is 8.24. The fourth-order valence-electron chi connectivity index (χ4n) is 3.36. The second-order valence-electron chi connectivity index (χ2n) is 6.46. The number of nitrogens with one attached hydrogen (secondary N) is 1. The van der Waals surface area contributed by atoms with Gasteiger partial charge in [-0.1, -0.05) is 54.6 Å². The molecule has 1 fully saturated rings. The number of hydrogen-bond donors (Lipinski definition) is 2. The van der Waals surface area contributed by atoms with Gasteiger partial charge in [0.25, 0.3) is 0 Å². The van der Waals surface area contributed by atoms with Crippen LogP contribution in [0.5, 0.6) is 0 Å². The third-order valence-electron chi connectivity index (χ3n) is 4.66. The zero-order chi connectivity index (χ0) is 17.0. The molecule has 3 rings (SSSR count). The van der Waals surface area contributed by atoms with Crippen LogP contribution in [0.15, 0.2) is 54.6 Å². The molecule has 2 N–H and O–H groups in total. The van der Waals surface area contributed by atoms with Gasteiger partial charge in [0.2, 0.25) is 5.91 Å². The summed E-state index contributed by atoms with van der Waals surface area (Å²) < 4.78 is 0. The summed E-state index contributed by atoms with van der Waals surface area (Å²) in [5.41, 5.74) is 3.00. The zero-order valence-electron chi connectivity index (χ0n) is 13.5. The Morgan fingerprint density at radius 1 is 1.04 bits per heavy atom. The molecule has 1 amide bonds. The van der Waals surface area contributed by atoms with E-state index < -0.39 is 11.5 Å². The molecule has 0 saturated carbocycles. The molecule has 0 aliphatic carbocycles. The van der Waals surface area contributed by atoms with Gasteiger partial charge in [-0.25, -0.2) is 0 Å². The van der Waals surface area contributed by atoms with Crippen LogP contribution in [-0.2, 0) is 16.0 Å². The summed E-state index contributed by atoms with van der Waals surface area (Å²) in [6, 6.07) is 18.4. The molecule has 4 nitrogen and oxygen atoms in total. The largest absolute Gasteiger partial charge is 0.481 e. The van der Waals surface area contributed by atoms with E-state index in [4.69, 9.17) is 5.11 Å². The van der Waals surface area contributed by atoms with Crippen LogP contribution >= 0.6 is 0 Å². The monoisotopic (exact) mass is 323 g/mol. The molecule has 1 aliphatic rings. The summed E-state index contributed by atoms with van der Waals surface area (Å²) in [4.78, 5) is 22.6. The van der Waals surface area contributed by atoms with Gasteiger partial charge in [0.1, 0.15) is 0 Å². The maximum Gasteiger partial charge on any atom is 0.303 e. The standard InChI is InChI=1S/C20H21NO3/c22-18-10-12-20(21-18,13-11-19(23)24)14-15-6-8-17(9-7-15)16-4-2-1-3-5-16/h1-9H,10-14H2,(H,21,22)(H,23,24)/t20-/m1/s1. The quantitative estimate of drug-likeness (QED) is 0.856. The van der Waals surface area contributed by atoms with Gasteiger partial charge in [-0.05, 0) is 36.0 Å². The highest BCUT2D eigenvalue weighted by molar-refractivity contribution is 5.79. The van der Waals surface area contributed by atoms with Crippen molar-refractivity contribution >= 4 is 11.9 Å². The molecule has 4 heteroatoms. The van der Waals surface area contributed by atoms with Crippen molar-refractivity contribution in [3.05, 3.63) is 60.2 Å². The normalized spacial score (nSPS) is 19.9. The van der Waals surface area contributed by atoms with Crippen LogP contribution in [-0.4, -0.2) is 22.5 Å². The van der Waals surface area contributed by atoms with Gasteiger partial charge in [0, 0.05) is 18.4 Å². The Labute approximate surface area is 141 Å². The van der Waals surface area contributed by atoms with Crippen molar-refractivity contribution in [2.75, 3.05) is 0 Å². The Kier molecular flexibility index (Phi) is 4.65. The molecule has 1 atom stereocenters. The molecule has 124 valence electrons. The Bertz CT molecular complexity index is 724. The van der Waals surface area contributed by atoms with E-state index in [0.717, 1.165) is 11.1 Å². The number of carbonyl (C=O) groups is 2. The van der Waals surface area contributed by atoms with Gasteiger partial charge < -0.3 is 10.4 Å². The average Bonchev–Trinajstić information content (AvgIpc) is 2.96. The smallest absolute Gasteiger partial charge is 0.303 e. The number of rotatable bonds is 6. The average molecular weight is 323 g/mol. The highest BCUT2D eigenvalue weighted by Crippen LogP contribution is 2.30. The molecule has 1 heterocycles. The van der Waals surface area contributed by atoms with E-state index in [1.54, 1.807) is 0 Å². The molecule has 2 aromatic rings.